The molecule has 0 fully saturated rings. The first-order valence-electron chi connectivity index (χ1n) is 7.26. The van der Waals surface area contributed by atoms with Crippen LogP contribution >= 0.6 is 38.6 Å². The van der Waals surface area contributed by atoms with Crippen molar-refractivity contribution in [2.75, 3.05) is 11.9 Å². The van der Waals surface area contributed by atoms with Crippen molar-refractivity contribution in [2.45, 2.75) is 6.92 Å². The van der Waals surface area contributed by atoms with Crippen LogP contribution in [0.5, 0.6) is 0 Å². The highest BCUT2D eigenvalue weighted by atomic mass is 79.9. The fraction of sp³-hybridized carbons (Fsp3) is 0.118. The van der Waals surface area contributed by atoms with E-state index in [2.05, 4.69) is 26.2 Å². The monoisotopic (exact) mass is 436 g/mol. The molecule has 2 aromatic heterocycles. The number of para-hydroxylation sites is 1. The van der Waals surface area contributed by atoms with Crippen LogP contribution in [-0.4, -0.2) is 23.5 Å². The Morgan fingerprint density at radius 2 is 2.08 bits per heavy atom. The highest BCUT2D eigenvalue weighted by molar-refractivity contribution is 9.10. The zero-order valence-corrected chi connectivity index (χ0v) is 16.3. The number of aryl methyl sites for hydroxylation is 1. The molecule has 0 saturated carbocycles. The number of benzene rings is 1. The number of rotatable bonds is 5. The Kier molecular flexibility index (Phi) is 5.62. The topological polar surface area (TPSA) is 68.3 Å². The van der Waals surface area contributed by atoms with Gasteiger partial charge in [0.15, 0.2) is 6.61 Å². The van der Waals surface area contributed by atoms with Crippen molar-refractivity contribution in [2.24, 2.45) is 0 Å². The number of carbonyl (C=O) groups is 2. The number of thiophene rings is 1. The van der Waals surface area contributed by atoms with Gasteiger partial charge in [0, 0.05) is 15.4 Å². The number of carbonyl (C=O) groups excluding carboxylic acids is 2. The molecule has 0 radical (unpaired) electrons. The number of anilines is 1. The van der Waals surface area contributed by atoms with Crippen molar-refractivity contribution in [3.05, 3.63) is 56.1 Å². The summed E-state index contributed by atoms with van der Waals surface area (Å²) >= 11 is 6.18. The molecule has 0 atom stereocenters. The van der Waals surface area contributed by atoms with Crippen molar-refractivity contribution < 1.29 is 14.3 Å². The quantitative estimate of drug-likeness (QED) is 0.586. The molecule has 5 nitrogen and oxygen atoms in total. The molecule has 8 heteroatoms. The van der Waals surface area contributed by atoms with E-state index in [1.54, 1.807) is 30.4 Å². The summed E-state index contributed by atoms with van der Waals surface area (Å²) in [6, 6.07) is 9.16. The number of amides is 1. The van der Waals surface area contributed by atoms with Crippen LogP contribution in [0, 0.1) is 6.92 Å². The third-order valence-electron chi connectivity index (χ3n) is 3.23. The Morgan fingerprint density at radius 1 is 1.28 bits per heavy atom. The van der Waals surface area contributed by atoms with Gasteiger partial charge >= 0.3 is 5.97 Å². The lowest BCUT2D eigenvalue weighted by Gasteiger charge is -2.07. The second kappa shape index (κ2) is 7.90. The molecule has 0 spiro atoms. The van der Waals surface area contributed by atoms with Gasteiger partial charge in [-0.2, -0.15) is 11.3 Å². The van der Waals surface area contributed by atoms with Crippen LogP contribution in [0.3, 0.4) is 0 Å². The molecule has 1 amide bonds. The zero-order valence-electron chi connectivity index (χ0n) is 13.1. The maximum Gasteiger partial charge on any atom is 0.350 e. The van der Waals surface area contributed by atoms with Crippen LogP contribution in [0.25, 0.3) is 10.6 Å². The van der Waals surface area contributed by atoms with E-state index in [1.807, 2.05) is 29.0 Å². The SMILES string of the molecule is Cc1nc(-c2ccsc2)sc1C(=O)OCC(=O)Nc1ccccc1Br. The van der Waals surface area contributed by atoms with Crippen LogP contribution in [0.1, 0.15) is 15.4 Å². The lowest BCUT2D eigenvalue weighted by molar-refractivity contribution is -0.119. The Bertz CT molecular complexity index is 907. The Hall–Kier alpha value is -2.03. The van der Waals surface area contributed by atoms with Gasteiger partial charge in [0.05, 0.1) is 11.4 Å². The Morgan fingerprint density at radius 3 is 2.80 bits per heavy atom. The van der Waals surface area contributed by atoms with Crippen molar-refractivity contribution in [1.29, 1.82) is 0 Å². The summed E-state index contributed by atoms with van der Waals surface area (Å²) in [6.07, 6.45) is 0. The van der Waals surface area contributed by atoms with Gasteiger partial charge in [0.2, 0.25) is 0 Å². The maximum atomic E-state index is 12.2. The fourth-order valence-electron chi connectivity index (χ4n) is 2.04. The number of halogens is 1. The first-order valence-corrected chi connectivity index (χ1v) is 9.81. The highest BCUT2D eigenvalue weighted by Crippen LogP contribution is 2.29. The van der Waals surface area contributed by atoms with Crippen molar-refractivity contribution in [3.63, 3.8) is 0 Å². The minimum Gasteiger partial charge on any atom is -0.451 e. The third-order valence-corrected chi connectivity index (χ3v) is 5.79. The summed E-state index contributed by atoms with van der Waals surface area (Å²) in [5.41, 5.74) is 2.20. The largest absolute Gasteiger partial charge is 0.451 e. The van der Waals surface area contributed by atoms with Crippen LogP contribution in [0.15, 0.2) is 45.6 Å². The molecular weight excluding hydrogens is 424 g/mol. The molecule has 0 aliphatic rings. The molecule has 3 rings (SSSR count). The minimum absolute atomic E-state index is 0.356. The van der Waals surface area contributed by atoms with Crippen molar-refractivity contribution in [1.82, 2.24) is 4.98 Å². The first-order chi connectivity index (χ1) is 12.0. The summed E-state index contributed by atoms with van der Waals surface area (Å²) in [5.74, 6) is -0.945. The molecule has 1 N–H and O–H groups in total. The normalized spacial score (nSPS) is 10.5. The molecule has 25 heavy (non-hydrogen) atoms. The summed E-state index contributed by atoms with van der Waals surface area (Å²) in [6.45, 7) is 1.40. The number of nitrogens with one attached hydrogen (secondary N) is 1. The minimum atomic E-state index is -0.543. The smallest absolute Gasteiger partial charge is 0.350 e. The number of hydrogen-bond acceptors (Lipinski definition) is 6. The molecule has 128 valence electrons. The second-order valence-electron chi connectivity index (χ2n) is 5.05. The number of thiazole rings is 1. The van der Waals surface area contributed by atoms with Crippen molar-refractivity contribution >= 4 is 56.2 Å². The van der Waals surface area contributed by atoms with E-state index in [4.69, 9.17) is 4.74 Å². The molecule has 0 unspecified atom stereocenters. The van der Waals surface area contributed by atoms with Gasteiger partial charge in [0.25, 0.3) is 5.91 Å². The molecule has 0 bridgehead atoms. The van der Waals surface area contributed by atoms with E-state index >= 15 is 0 Å². The molecular formula is C17H13BrN2O3S2. The predicted octanol–water partition coefficient (Wildman–Crippen LogP) is 4.74. The number of nitrogens with zero attached hydrogens (tertiary/aromatic N) is 1. The van der Waals surface area contributed by atoms with Gasteiger partial charge in [-0.25, -0.2) is 9.78 Å². The third kappa shape index (κ3) is 4.33. The van der Waals surface area contributed by atoms with E-state index in [1.165, 1.54) is 11.3 Å². The van der Waals surface area contributed by atoms with Crippen molar-refractivity contribution in [3.8, 4) is 10.6 Å². The van der Waals surface area contributed by atoms with Crippen LogP contribution in [0.2, 0.25) is 0 Å². The van der Waals surface area contributed by atoms with E-state index in [-0.39, 0.29) is 6.61 Å². The number of aromatic nitrogens is 1. The summed E-state index contributed by atoms with van der Waals surface area (Å²) < 4.78 is 5.88. The number of hydrogen-bond donors (Lipinski definition) is 1. The van der Waals surface area contributed by atoms with E-state index < -0.39 is 11.9 Å². The maximum absolute atomic E-state index is 12.2. The van der Waals surface area contributed by atoms with Gasteiger partial charge in [0.1, 0.15) is 9.88 Å². The van der Waals surface area contributed by atoms with Gasteiger partial charge in [-0.1, -0.05) is 12.1 Å². The van der Waals surface area contributed by atoms with E-state index in [0.717, 1.165) is 15.0 Å². The van der Waals surface area contributed by atoms with Crippen LogP contribution < -0.4 is 5.32 Å². The lowest BCUT2D eigenvalue weighted by atomic mass is 10.3. The standard InChI is InChI=1S/C17H13BrN2O3S2/c1-10-15(25-16(19-10)11-6-7-24-9-11)17(22)23-8-14(21)20-13-5-3-2-4-12(13)18/h2-7,9H,8H2,1H3,(H,20,21). The van der Waals surface area contributed by atoms with Gasteiger partial charge in [-0.15, -0.1) is 11.3 Å². The van der Waals surface area contributed by atoms with Crippen LogP contribution in [-0.2, 0) is 9.53 Å². The average Bonchev–Trinajstić information content (AvgIpc) is 3.24. The summed E-state index contributed by atoms with van der Waals surface area (Å²) in [7, 11) is 0. The Balaban J connectivity index is 1.61. The highest BCUT2D eigenvalue weighted by Gasteiger charge is 2.19. The van der Waals surface area contributed by atoms with Gasteiger partial charge in [-0.3, -0.25) is 4.79 Å². The number of esters is 1. The molecule has 0 aliphatic carbocycles. The molecule has 2 heterocycles. The van der Waals surface area contributed by atoms with E-state index in [0.29, 0.717) is 16.3 Å². The number of ether oxygens (including phenoxy) is 1. The second-order valence-corrected chi connectivity index (χ2v) is 7.68. The molecule has 0 saturated heterocycles. The lowest BCUT2D eigenvalue weighted by Crippen LogP contribution is -2.21. The predicted molar refractivity (Wildman–Crippen MR) is 103 cm³/mol. The van der Waals surface area contributed by atoms with E-state index in [9.17, 15) is 9.59 Å². The zero-order chi connectivity index (χ0) is 17.8. The van der Waals surface area contributed by atoms with Gasteiger partial charge < -0.3 is 10.1 Å². The molecule has 3 aromatic rings. The summed E-state index contributed by atoms with van der Waals surface area (Å²) in [5, 5.41) is 7.38. The van der Waals surface area contributed by atoms with Crippen LogP contribution in [0.4, 0.5) is 5.69 Å². The molecule has 0 aliphatic heterocycles. The summed E-state index contributed by atoms with van der Waals surface area (Å²) in [4.78, 5) is 29.0. The first kappa shape index (κ1) is 17.8. The Labute approximate surface area is 160 Å². The van der Waals surface area contributed by atoms with Gasteiger partial charge in [-0.05, 0) is 46.4 Å². The average molecular weight is 437 g/mol. The molecule has 1 aromatic carbocycles. The fourth-order valence-corrected chi connectivity index (χ4v) is 4.10.